The average molecular weight is 402 g/mol. The maximum Gasteiger partial charge on any atom is 0.220 e. The van der Waals surface area contributed by atoms with Gasteiger partial charge in [0.25, 0.3) is 0 Å². The highest BCUT2D eigenvalue weighted by atomic mass is 16.5. The van der Waals surface area contributed by atoms with Gasteiger partial charge in [0.15, 0.2) is 0 Å². The minimum absolute atomic E-state index is 0.0680. The summed E-state index contributed by atoms with van der Waals surface area (Å²) in [5.74, 6) is 2.76. The Morgan fingerprint density at radius 2 is 1.93 bits per heavy atom. The van der Waals surface area contributed by atoms with Crippen LogP contribution in [0, 0.1) is 22.7 Å². The fourth-order valence-electron chi connectivity index (χ4n) is 6.69. The number of fused-ring (bicyclic) bond motifs is 1. The number of methoxy groups -OCH3 is 2. The first-order valence-electron chi connectivity index (χ1n) is 11.0. The van der Waals surface area contributed by atoms with Crippen molar-refractivity contribution in [1.82, 2.24) is 5.32 Å². The van der Waals surface area contributed by atoms with Crippen molar-refractivity contribution in [3.8, 4) is 11.5 Å². The predicted octanol–water partition coefficient (Wildman–Crippen LogP) is 4.50. The highest BCUT2D eigenvalue weighted by Crippen LogP contribution is 2.71. The third-order valence-electron chi connectivity index (χ3n) is 8.04. The van der Waals surface area contributed by atoms with Gasteiger partial charge in [0.2, 0.25) is 5.91 Å². The first-order chi connectivity index (χ1) is 13.9. The number of hydrogen-bond donors (Lipinski definition) is 1. The van der Waals surface area contributed by atoms with E-state index >= 15 is 0 Å². The normalized spacial score (nSPS) is 34.5. The van der Waals surface area contributed by atoms with Gasteiger partial charge in [-0.1, -0.05) is 26.8 Å². The monoisotopic (exact) mass is 401 g/mol. The molecule has 2 saturated carbocycles. The summed E-state index contributed by atoms with van der Waals surface area (Å²) in [7, 11) is 3.41. The molecule has 5 heteroatoms. The Hall–Kier alpha value is -1.75. The van der Waals surface area contributed by atoms with Gasteiger partial charge in [0, 0.05) is 19.1 Å². The summed E-state index contributed by atoms with van der Waals surface area (Å²) < 4.78 is 17.8. The third-order valence-corrected chi connectivity index (χ3v) is 8.04. The lowest BCUT2D eigenvalue weighted by molar-refractivity contribution is -0.137. The van der Waals surface area contributed by atoms with Crippen molar-refractivity contribution in [2.75, 3.05) is 20.8 Å². The van der Waals surface area contributed by atoms with Crippen molar-refractivity contribution < 1.29 is 19.0 Å². The van der Waals surface area contributed by atoms with Gasteiger partial charge in [-0.15, -0.1) is 0 Å². The van der Waals surface area contributed by atoms with Gasteiger partial charge in [-0.3, -0.25) is 4.79 Å². The van der Waals surface area contributed by atoms with Crippen LogP contribution in [0.1, 0.15) is 64.5 Å². The summed E-state index contributed by atoms with van der Waals surface area (Å²) in [6.07, 6.45) is 4.70. The van der Waals surface area contributed by atoms with E-state index in [-0.39, 0.29) is 28.9 Å². The zero-order valence-electron chi connectivity index (χ0n) is 18.4. The fourth-order valence-corrected chi connectivity index (χ4v) is 6.69. The Kier molecular flexibility index (Phi) is 5.30. The Morgan fingerprint density at radius 1 is 1.24 bits per heavy atom. The van der Waals surface area contributed by atoms with Crippen LogP contribution >= 0.6 is 0 Å². The molecule has 1 heterocycles. The molecule has 5 atom stereocenters. The Bertz CT molecular complexity index is 754. The largest absolute Gasteiger partial charge is 0.496 e. The van der Waals surface area contributed by atoms with E-state index in [1.807, 2.05) is 18.2 Å². The molecule has 0 unspecified atom stereocenters. The van der Waals surface area contributed by atoms with Crippen LogP contribution in [0.2, 0.25) is 0 Å². The van der Waals surface area contributed by atoms with Crippen molar-refractivity contribution in [2.24, 2.45) is 22.7 Å². The third kappa shape index (κ3) is 3.04. The maximum atomic E-state index is 12.6. The molecule has 0 aromatic heterocycles. The van der Waals surface area contributed by atoms with Gasteiger partial charge >= 0.3 is 0 Å². The van der Waals surface area contributed by atoms with Crippen molar-refractivity contribution >= 4 is 5.91 Å². The number of nitrogens with one attached hydrogen (secondary N) is 1. The smallest absolute Gasteiger partial charge is 0.220 e. The molecule has 5 nitrogen and oxygen atoms in total. The van der Waals surface area contributed by atoms with Crippen LogP contribution < -0.4 is 14.8 Å². The predicted molar refractivity (Wildman–Crippen MR) is 112 cm³/mol. The van der Waals surface area contributed by atoms with Crippen LogP contribution in [-0.4, -0.2) is 32.8 Å². The van der Waals surface area contributed by atoms with Gasteiger partial charge in [0.05, 0.1) is 25.9 Å². The Labute approximate surface area is 174 Å². The molecule has 3 aliphatic rings. The van der Waals surface area contributed by atoms with Crippen molar-refractivity contribution in [1.29, 1.82) is 0 Å². The molecule has 1 aromatic carbocycles. The summed E-state index contributed by atoms with van der Waals surface area (Å²) in [4.78, 5) is 12.6. The van der Waals surface area contributed by atoms with Crippen molar-refractivity contribution in [2.45, 2.75) is 65.0 Å². The lowest BCUT2D eigenvalue weighted by atomic mass is 9.58. The van der Waals surface area contributed by atoms with E-state index in [2.05, 4.69) is 26.1 Å². The molecule has 1 spiro atoms. The summed E-state index contributed by atoms with van der Waals surface area (Å²) in [5.41, 5.74) is 1.20. The van der Waals surface area contributed by atoms with E-state index in [1.54, 1.807) is 14.2 Å². The van der Waals surface area contributed by atoms with E-state index in [9.17, 15) is 4.79 Å². The number of hydrogen-bond acceptors (Lipinski definition) is 4. The lowest BCUT2D eigenvalue weighted by Gasteiger charge is -2.53. The van der Waals surface area contributed by atoms with Crippen LogP contribution in [-0.2, 0) is 9.53 Å². The van der Waals surface area contributed by atoms with Crippen LogP contribution in [0.3, 0.4) is 0 Å². The van der Waals surface area contributed by atoms with Gasteiger partial charge in [-0.05, 0) is 60.5 Å². The first-order valence-corrected chi connectivity index (χ1v) is 11.0. The molecule has 1 amide bonds. The summed E-state index contributed by atoms with van der Waals surface area (Å²) in [6.45, 7) is 7.44. The second-order valence-electron chi connectivity index (χ2n) is 9.67. The SMILES string of the molecule is CCCC(=O)N[C@@H]1C(C)(C)[C@@H]2C[C@@H]3[C@@H](c4c(OC)cccc4OC)OCC[C@@]31C2. The lowest BCUT2D eigenvalue weighted by Crippen LogP contribution is -2.58. The van der Waals surface area contributed by atoms with Crippen molar-refractivity contribution in [3.63, 3.8) is 0 Å². The molecule has 29 heavy (non-hydrogen) atoms. The van der Waals surface area contributed by atoms with Gasteiger partial charge < -0.3 is 19.5 Å². The molecule has 4 rings (SSSR count). The molecule has 2 bridgehead atoms. The van der Waals surface area contributed by atoms with Crippen molar-refractivity contribution in [3.05, 3.63) is 23.8 Å². The van der Waals surface area contributed by atoms with E-state index in [0.29, 0.717) is 24.9 Å². The highest BCUT2D eigenvalue weighted by molar-refractivity contribution is 5.76. The van der Waals surface area contributed by atoms with E-state index in [0.717, 1.165) is 36.3 Å². The Morgan fingerprint density at radius 3 is 2.55 bits per heavy atom. The van der Waals surface area contributed by atoms with E-state index in [1.165, 1.54) is 6.42 Å². The highest BCUT2D eigenvalue weighted by Gasteiger charge is 2.68. The van der Waals surface area contributed by atoms with Crippen LogP contribution in [0.5, 0.6) is 11.5 Å². The fraction of sp³-hybridized carbons (Fsp3) is 0.708. The molecule has 0 radical (unpaired) electrons. The van der Waals surface area contributed by atoms with Crippen LogP contribution in [0.4, 0.5) is 0 Å². The summed E-state index contributed by atoms with van der Waals surface area (Å²) >= 11 is 0. The minimum Gasteiger partial charge on any atom is -0.496 e. The number of carbonyl (C=O) groups is 1. The molecule has 3 fully saturated rings. The number of rotatable bonds is 6. The zero-order chi connectivity index (χ0) is 20.8. The van der Waals surface area contributed by atoms with E-state index in [4.69, 9.17) is 14.2 Å². The van der Waals surface area contributed by atoms with Gasteiger partial charge in [0.1, 0.15) is 11.5 Å². The first kappa shape index (κ1) is 20.5. The Balaban J connectivity index is 1.73. The molecule has 2 aliphatic carbocycles. The van der Waals surface area contributed by atoms with Gasteiger partial charge in [-0.2, -0.15) is 0 Å². The molecular formula is C24H35NO4. The van der Waals surface area contributed by atoms with Gasteiger partial charge in [-0.25, -0.2) is 0 Å². The number of carbonyl (C=O) groups excluding carboxylic acids is 1. The second-order valence-corrected chi connectivity index (χ2v) is 9.67. The zero-order valence-corrected chi connectivity index (χ0v) is 18.4. The summed E-state index contributed by atoms with van der Waals surface area (Å²) in [6, 6.07) is 6.11. The standard InChI is InChI=1S/C24H35NO4/c1-6-8-19(26)25-22-23(2,3)15-13-16-21(29-12-11-24(16,22)14-15)20-17(27-4)9-7-10-18(20)28-5/h7,9-10,15-16,21-22H,6,8,11-14H2,1-5H3,(H,25,26)/t15-,16-,21+,22-,24-/m1/s1. The molecule has 1 aliphatic heterocycles. The number of amides is 1. The maximum absolute atomic E-state index is 12.6. The topological polar surface area (TPSA) is 56.8 Å². The van der Waals surface area contributed by atoms with E-state index < -0.39 is 0 Å². The molecular weight excluding hydrogens is 366 g/mol. The average Bonchev–Trinajstić information content (AvgIpc) is 3.20. The molecule has 1 saturated heterocycles. The quantitative estimate of drug-likeness (QED) is 0.762. The second kappa shape index (κ2) is 7.50. The number of ether oxygens (including phenoxy) is 3. The minimum atomic E-state index is -0.0680. The summed E-state index contributed by atoms with van der Waals surface area (Å²) in [5, 5.41) is 3.46. The molecule has 160 valence electrons. The number of benzene rings is 1. The van der Waals surface area contributed by atoms with Crippen LogP contribution in [0.15, 0.2) is 18.2 Å². The molecule has 1 aromatic rings. The van der Waals surface area contributed by atoms with Crippen LogP contribution in [0.25, 0.3) is 0 Å². The molecule has 1 N–H and O–H groups in total.